The van der Waals surface area contributed by atoms with Gasteiger partial charge in [-0.3, -0.25) is 4.79 Å². The first-order chi connectivity index (χ1) is 10.1. The molecule has 2 rings (SSSR count). The highest BCUT2D eigenvalue weighted by Gasteiger charge is 2.22. The zero-order chi connectivity index (χ0) is 15.2. The van der Waals surface area contributed by atoms with Gasteiger partial charge in [0.1, 0.15) is 5.75 Å². The molecule has 1 amide bonds. The van der Waals surface area contributed by atoms with Gasteiger partial charge in [-0.2, -0.15) is 0 Å². The number of benzene rings is 1. The van der Waals surface area contributed by atoms with Crippen LogP contribution in [0.4, 0.5) is 11.4 Å². The summed E-state index contributed by atoms with van der Waals surface area (Å²) in [7, 11) is 1.57. The Bertz CT molecular complexity index is 487. The van der Waals surface area contributed by atoms with Crippen LogP contribution in [0.25, 0.3) is 0 Å². The van der Waals surface area contributed by atoms with Crippen molar-refractivity contribution in [2.45, 2.75) is 49.5 Å². The molecule has 5 heteroatoms. The van der Waals surface area contributed by atoms with E-state index in [1.54, 1.807) is 37.1 Å². The smallest absolute Gasteiger partial charge is 0.237 e. The minimum Gasteiger partial charge on any atom is -0.494 e. The van der Waals surface area contributed by atoms with Crippen LogP contribution in [-0.2, 0) is 4.79 Å². The minimum absolute atomic E-state index is 0.0219. The Balaban J connectivity index is 1.93. The largest absolute Gasteiger partial charge is 0.494 e. The summed E-state index contributed by atoms with van der Waals surface area (Å²) in [6.45, 7) is 1.97. The van der Waals surface area contributed by atoms with Crippen molar-refractivity contribution in [2.75, 3.05) is 18.2 Å². The van der Waals surface area contributed by atoms with Crippen LogP contribution in [-0.4, -0.2) is 23.5 Å². The molecule has 4 nitrogen and oxygen atoms in total. The summed E-state index contributed by atoms with van der Waals surface area (Å²) >= 11 is 1.79. The van der Waals surface area contributed by atoms with Crippen LogP contribution in [0.2, 0.25) is 0 Å². The lowest BCUT2D eigenvalue weighted by Crippen LogP contribution is -2.25. The lowest BCUT2D eigenvalue weighted by Gasteiger charge is -2.24. The summed E-state index contributed by atoms with van der Waals surface area (Å²) in [6, 6.07) is 5.26. The molecule has 1 fully saturated rings. The SMILES string of the molecule is COc1cc(N)ccc1NC(=O)C(C)SC1CCCCC1. The predicted octanol–water partition coefficient (Wildman–Crippen LogP) is 3.67. The number of nitrogens with two attached hydrogens (primary N) is 1. The predicted molar refractivity (Wildman–Crippen MR) is 90.0 cm³/mol. The van der Waals surface area contributed by atoms with Crippen LogP contribution in [0.15, 0.2) is 18.2 Å². The number of ether oxygens (including phenoxy) is 1. The fraction of sp³-hybridized carbons (Fsp3) is 0.562. The van der Waals surface area contributed by atoms with Crippen molar-refractivity contribution in [3.63, 3.8) is 0 Å². The van der Waals surface area contributed by atoms with E-state index in [4.69, 9.17) is 10.5 Å². The first-order valence-corrected chi connectivity index (χ1v) is 8.44. The van der Waals surface area contributed by atoms with E-state index in [-0.39, 0.29) is 11.2 Å². The average molecular weight is 308 g/mol. The monoisotopic (exact) mass is 308 g/mol. The van der Waals surface area contributed by atoms with Gasteiger partial charge in [-0.15, -0.1) is 11.8 Å². The van der Waals surface area contributed by atoms with Gasteiger partial charge in [-0.25, -0.2) is 0 Å². The standard InChI is InChI=1S/C16H24N2O2S/c1-11(21-13-6-4-3-5-7-13)16(19)18-14-9-8-12(17)10-15(14)20-2/h8-11,13H,3-7,17H2,1-2H3,(H,18,19). The summed E-state index contributed by atoms with van der Waals surface area (Å²) in [5, 5.41) is 3.50. The summed E-state index contributed by atoms with van der Waals surface area (Å²) in [5.74, 6) is 0.617. The van der Waals surface area contributed by atoms with Crippen molar-refractivity contribution >= 4 is 29.0 Å². The summed E-state index contributed by atoms with van der Waals surface area (Å²) in [5.41, 5.74) is 7.01. The van der Waals surface area contributed by atoms with Gasteiger partial charge in [0.15, 0.2) is 0 Å². The molecule has 1 aromatic carbocycles. The summed E-state index contributed by atoms with van der Waals surface area (Å²) in [4.78, 5) is 12.3. The van der Waals surface area contributed by atoms with E-state index < -0.39 is 0 Å². The van der Waals surface area contributed by atoms with E-state index >= 15 is 0 Å². The Morgan fingerprint density at radius 2 is 2.10 bits per heavy atom. The Hall–Kier alpha value is -1.36. The van der Waals surface area contributed by atoms with Gasteiger partial charge in [-0.1, -0.05) is 19.3 Å². The van der Waals surface area contributed by atoms with Gasteiger partial charge in [0, 0.05) is 17.0 Å². The average Bonchev–Trinajstić information content (AvgIpc) is 2.49. The molecule has 0 bridgehead atoms. The van der Waals surface area contributed by atoms with Crippen molar-refractivity contribution < 1.29 is 9.53 Å². The molecule has 0 aromatic heterocycles. The molecule has 0 saturated heterocycles. The molecule has 1 unspecified atom stereocenters. The second-order valence-corrected chi connectivity index (χ2v) is 7.13. The Kier molecular flexibility index (Phi) is 5.79. The molecule has 0 heterocycles. The Labute approximate surface area is 130 Å². The number of carbonyl (C=O) groups is 1. The van der Waals surface area contributed by atoms with Gasteiger partial charge >= 0.3 is 0 Å². The number of hydrogen-bond donors (Lipinski definition) is 2. The van der Waals surface area contributed by atoms with E-state index in [0.717, 1.165) is 0 Å². The molecular formula is C16H24N2O2S. The zero-order valence-corrected chi connectivity index (χ0v) is 13.5. The van der Waals surface area contributed by atoms with Crippen molar-refractivity contribution in [2.24, 2.45) is 0 Å². The molecule has 1 aromatic rings. The fourth-order valence-corrected chi connectivity index (χ4v) is 3.96. The molecule has 116 valence electrons. The third-order valence-corrected chi connectivity index (χ3v) is 5.28. The molecule has 21 heavy (non-hydrogen) atoms. The topological polar surface area (TPSA) is 64.3 Å². The van der Waals surface area contributed by atoms with Crippen molar-refractivity contribution in [1.82, 2.24) is 0 Å². The summed E-state index contributed by atoms with van der Waals surface area (Å²) < 4.78 is 5.26. The molecule has 3 N–H and O–H groups in total. The van der Waals surface area contributed by atoms with Crippen LogP contribution in [0.1, 0.15) is 39.0 Å². The lowest BCUT2D eigenvalue weighted by atomic mass is 10.0. The van der Waals surface area contributed by atoms with Crippen LogP contribution >= 0.6 is 11.8 Å². The number of hydrogen-bond acceptors (Lipinski definition) is 4. The molecule has 0 radical (unpaired) electrons. The molecule has 1 saturated carbocycles. The number of thioether (sulfide) groups is 1. The number of nitrogens with one attached hydrogen (secondary N) is 1. The number of anilines is 2. The maximum atomic E-state index is 12.3. The van der Waals surface area contributed by atoms with Gasteiger partial charge in [0.05, 0.1) is 18.0 Å². The fourth-order valence-electron chi connectivity index (χ4n) is 2.60. The van der Waals surface area contributed by atoms with E-state index in [9.17, 15) is 4.79 Å². The lowest BCUT2D eigenvalue weighted by molar-refractivity contribution is -0.115. The normalized spacial score (nSPS) is 17.2. The first kappa shape index (κ1) is 16.0. The number of methoxy groups -OCH3 is 1. The van der Waals surface area contributed by atoms with Crippen LogP contribution < -0.4 is 15.8 Å². The Morgan fingerprint density at radius 3 is 2.76 bits per heavy atom. The third-order valence-electron chi connectivity index (χ3n) is 3.80. The number of carbonyl (C=O) groups excluding carboxylic acids is 1. The second kappa shape index (κ2) is 7.59. The maximum Gasteiger partial charge on any atom is 0.237 e. The molecule has 1 aliphatic carbocycles. The highest BCUT2D eigenvalue weighted by atomic mass is 32.2. The van der Waals surface area contributed by atoms with Crippen LogP contribution in [0.3, 0.4) is 0 Å². The van der Waals surface area contributed by atoms with Crippen LogP contribution in [0, 0.1) is 0 Å². The number of nitrogen functional groups attached to an aromatic ring is 1. The van der Waals surface area contributed by atoms with Gasteiger partial charge in [0.25, 0.3) is 0 Å². The van der Waals surface area contributed by atoms with E-state index in [1.165, 1.54) is 32.1 Å². The molecule has 0 aliphatic heterocycles. The third kappa shape index (κ3) is 4.56. The quantitative estimate of drug-likeness (QED) is 0.815. The van der Waals surface area contributed by atoms with Crippen molar-refractivity contribution in [1.29, 1.82) is 0 Å². The van der Waals surface area contributed by atoms with Gasteiger partial charge in [0.2, 0.25) is 5.91 Å². The van der Waals surface area contributed by atoms with Gasteiger partial charge in [-0.05, 0) is 31.9 Å². The highest BCUT2D eigenvalue weighted by Crippen LogP contribution is 2.32. The first-order valence-electron chi connectivity index (χ1n) is 7.50. The minimum atomic E-state index is -0.0599. The number of rotatable bonds is 5. The molecule has 0 spiro atoms. The van der Waals surface area contributed by atoms with Crippen LogP contribution in [0.5, 0.6) is 5.75 Å². The maximum absolute atomic E-state index is 12.3. The Morgan fingerprint density at radius 1 is 1.38 bits per heavy atom. The molecule has 1 atom stereocenters. The van der Waals surface area contributed by atoms with E-state index in [2.05, 4.69) is 5.32 Å². The van der Waals surface area contributed by atoms with Crippen molar-refractivity contribution in [3.05, 3.63) is 18.2 Å². The zero-order valence-electron chi connectivity index (χ0n) is 12.7. The van der Waals surface area contributed by atoms with E-state index in [1.807, 2.05) is 6.92 Å². The van der Waals surface area contributed by atoms with E-state index in [0.29, 0.717) is 22.4 Å². The summed E-state index contributed by atoms with van der Waals surface area (Å²) in [6.07, 6.45) is 6.37. The molecular weight excluding hydrogens is 284 g/mol. The second-order valence-electron chi connectivity index (χ2n) is 5.49. The van der Waals surface area contributed by atoms with Crippen molar-refractivity contribution in [3.8, 4) is 5.75 Å². The number of amides is 1. The molecule has 1 aliphatic rings. The van der Waals surface area contributed by atoms with Gasteiger partial charge < -0.3 is 15.8 Å². The highest BCUT2D eigenvalue weighted by molar-refractivity contribution is 8.01.